The minimum Gasteiger partial charge on any atom is -0.388 e. The zero-order valence-corrected chi connectivity index (χ0v) is 23.6. The van der Waals surface area contributed by atoms with Gasteiger partial charge in [0.25, 0.3) is 0 Å². The van der Waals surface area contributed by atoms with Gasteiger partial charge in [-0.25, -0.2) is 4.98 Å². The highest BCUT2D eigenvalue weighted by atomic mass is 16.3. The molecule has 6 N–H and O–H groups in total. The molecule has 3 heterocycles. The number of aliphatic hydroxyl groups is 2. The van der Waals surface area contributed by atoms with Gasteiger partial charge in [-0.1, -0.05) is 67.6 Å². The minimum absolute atomic E-state index is 0.0738. The molecule has 42 heavy (non-hydrogen) atoms. The maximum absolute atomic E-state index is 12.0. The number of aliphatic hydroxyl groups excluding tert-OH is 2. The lowest BCUT2D eigenvalue weighted by molar-refractivity contribution is -0.122. The van der Waals surface area contributed by atoms with Gasteiger partial charge in [-0.2, -0.15) is 9.97 Å². The van der Waals surface area contributed by atoms with E-state index in [4.69, 9.17) is 9.97 Å². The van der Waals surface area contributed by atoms with Gasteiger partial charge in [-0.3, -0.25) is 4.79 Å². The highest BCUT2D eigenvalue weighted by Crippen LogP contribution is 2.35. The highest BCUT2D eigenvalue weighted by molar-refractivity contribution is 5.84. The van der Waals surface area contributed by atoms with Crippen molar-refractivity contribution in [3.05, 3.63) is 78.1 Å². The number of hydrogen-bond acceptors (Lipinski definition) is 9. The first-order valence-corrected chi connectivity index (χ1v) is 14.7. The number of anilines is 2. The summed E-state index contributed by atoms with van der Waals surface area (Å²) in [5.41, 5.74) is 3.50. The predicted molar refractivity (Wildman–Crippen MR) is 161 cm³/mol. The van der Waals surface area contributed by atoms with Gasteiger partial charge in [0.05, 0.1) is 18.4 Å². The van der Waals surface area contributed by atoms with Crippen molar-refractivity contribution in [3.8, 4) is 0 Å². The van der Waals surface area contributed by atoms with Crippen LogP contribution in [0, 0.1) is 0 Å². The van der Waals surface area contributed by atoms with Gasteiger partial charge in [-0.05, 0) is 30.5 Å². The highest BCUT2D eigenvalue weighted by Gasteiger charge is 2.43. The summed E-state index contributed by atoms with van der Waals surface area (Å²) < 4.78 is 1.80. The van der Waals surface area contributed by atoms with Crippen LogP contribution in [0.1, 0.15) is 49.3 Å². The molecule has 2 fully saturated rings. The summed E-state index contributed by atoms with van der Waals surface area (Å²) in [6.07, 6.45) is 1.07. The third-order valence-electron chi connectivity index (χ3n) is 8.37. The summed E-state index contributed by atoms with van der Waals surface area (Å²) in [6.45, 7) is 4.08. The molecule has 1 unspecified atom stereocenters. The van der Waals surface area contributed by atoms with Crippen molar-refractivity contribution >= 4 is 28.8 Å². The number of imidazole rings is 1. The Bertz CT molecular complexity index is 1450. The van der Waals surface area contributed by atoms with Crippen LogP contribution in [0.5, 0.6) is 0 Å². The molecular formula is C31H38N8O3. The number of rotatable bonds is 10. The summed E-state index contributed by atoms with van der Waals surface area (Å²) in [6, 6.07) is 19.9. The Labute approximate surface area is 244 Å². The van der Waals surface area contributed by atoms with Crippen molar-refractivity contribution in [1.29, 1.82) is 0 Å². The smallest absolute Gasteiger partial charge is 0.227 e. The van der Waals surface area contributed by atoms with Crippen molar-refractivity contribution in [1.82, 2.24) is 30.2 Å². The Kier molecular flexibility index (Phi) is 8.31. The zero-order chi connectivity index (χ0) is 29.1. The van der Waals surface area contributed by atoms with E-state index in [2.05, 4.69) is 50.5 Å². The van der Waals surface area contributed by atoms with E-state index >= 15 is 0 Å². The molecule has 2 aliphatic rings. The Balaban J connectivity index is 1.34. The van der Waals surface area contributed by atoms with Crippen LogP contribution in [0.15, 0.2) is 67.0 Å². The minimum atomic E-state index is -1.10. The first-order valence-electron chi connectivity index (χ1n) is 14.7. The number of carbonyl (C=O) groups excluding carboxylic acids is 1. The standard InChI is InChI=1S/C31H38N8O3/c1-2-25(40)36-23-15-24(28(42)27(23)41)39-18-34-26-29(37-31(38-30(26)39)35-21-13-14-32-16-21)33-17-22(19-9-5-3-6-10-19)20-11-7-4-8-12-20/h3-12,18,21-24,27-28,32,41-42H,2,13-17H2,1H3,(H,36,40)(H2,33,35,37,38)/t21?,23-,24+,27+,28-/m0/s1. The van der Waals surface area contributed by atoms with Gasteiger partial charge in [-0.15, -0.1) is 0 Å². The lowest BCUT2D eigenvalue weighted by atomic mass is 9.91. The van der Waals surface area contributed by atoms with Crippen LogP contribution in [-0.4, -0.2) is 79.6 Å². The first-order chi connectivity index (χ1) is 20.5. The molecule has 2 aromatic heterocycles. The molecule has 2 aromatic carbocycles. The SMILES string of the molecule is CCC(=O)N[C@H]1C[C@@H](n2cnc3c(NCC(c4ccccc4)c4ccccc4)nc(NC4CCNC4)nc32)[C@H](O)[C@@H]1O. The molecule has 1 amide bonds. The van der Waals surface area contributed by atoms with E-state index in [-0.39, 0.29) is 17.9 Å². The molecule has 1 saturated carbocycles. The van der Waals surface area contributed by atoms with E-state index in [0.717, 1.165) is 19.5 Å². The maximum atomic E-state index is 12.0. The van der Waals surface area contributed by atoms with Crippen molar-refractivity contribution in [2.75, 3.05) is 30.3 Å². The third-order valence-corrected chi connectivity index (χ3v) is 8.37. The zero-order valence-electron chi connectivity index (χ0n) is 23.6. The second-order valence-electron chi connectivity index (χ2n) is 11.1. The maximum Gasteiger partial charge on any atom is 0.227 e. The molecule has 1 aliphatic heterocycles. The number of nitrogens with zero attached hydrogens (tertiary/aromatic N) is 4. The van der Waals surface area contributed by atoms with Gasteiger partial charge in [0.15, 0.2) is 17.0 Å². The molecule has 5 atom stereocenters. The van der Waals surface area contributed by atoms with Gasteiger partial charge in [0.1, 0.15) is 12.2 Å². The number of fused-ring (bicyclic) bond motifs is 1. The van der Waals surface area contributed by atoms with Crippen LogP contribution in [0.25, 0.3) is 11.2 Å². The molecule has 220 valence electrons. The van der Waals surface area contributed by atoms with E-state index in [1.165, 1.54) is 11.1 Å². The number of carbonyl (C=O) groups is 1. The normalized spacial score (nSPS) is 23.9. The van der Waals surface area contributed by atoms with Crippen molar-refractivity contribution in [2.45, 2.75) is 62.4 Å². The summed E-state index contributed by atoms with van der Waals surface area (Å²) in [4.78, 5) is 26.4. The lowest BCUT2D eigenvalue weighted by Crippen LogP contribution is -2.42. The largest absolute Gasteiger partial charge is 0.388 e. The van der Waals surface area contributed by atoms with Crippen molar-refractivity contribution in [2.24, 2.45) is 0 Å². The predicted octanol–water partition coefficient (Wildman–Crippen LogP) is 2.41. The molecule has 1 aliphatic carbocycles. The first kappa shape index (κ1) is 28.1. The Morgan fingerprint density at radius 3 is 2.40 bits per heavy atom. The number of hydrogen-bond donors (Lipinski definition) is 6. The van der Waals surface area contributed by atoms with Gasteiger partial charge >= 0.3 is 0 Å². The molecule has 0 spiro atoms. The van der Waals surface area contributed by atoms with E-state index in [1.807, 2.05) is 36.4 Å². The van der Waals surface area contributed by atoms with E-state index < -0.39 is 24.3 Å². The summed E-state index contributed by atoms with van der Waals surface area (Å²) in [5, 5.41) is 35.0. The number of amides is 1. The van der Waals surface area contributed by atoms with E-state index in [9.17, 15) is 15.0 Å². The molecule has 4 aromatic rings. The third kappa shape index (κ3) is 5.80. The molecule has 11 nitrogen and oxygen atoms in total. The van der Waals surface area contributed by atoms with Crippen molar-refractivity contribution < 1.29 is 15.0 Å². The number of aromatic nitrogens is 4. The Morgan fingerprint density at radius 2 is 1.76 bits per heavy atom. The second kappa shape index (κ2) is 12.4. The topological polar surface area (TPSA) is 149 Å². The van der Waals surface area contributed by atoms with Crippen LogP contribution in [-0.2, 0) is 4.79 Å². The number of benzene rings is 2. The Hall–Kier alpha value is -4.06. The van der Waals surface area contributed by atoms with Crippen molar-refractivity contribution in [3.63, 3.8) is 0 Å². The second-order valence-corrected chi connectivity index (χ2v) is 11.1. The lowest BCUT2D eigenvalue weighted by Gasteiger charge is -2.21. The van der Waals surface area contributed by atoms with E-state index in [1.54, 1.807) is 17.8 Å². The van der Waals surface area contributed by atoms with Crippen LogP contribution in [0.2, 0.25) is 0 Å². The molecule has 11 heteroatoms. The van der Waals surface area contributed by atoms with Gasteiger partial charge in [0.2, 0.25) is 11.9 Å². The van der Waals surface area contributed by atoms with Gasteiger partial charge < -0.3 is 36.0 Å². The molecule has 1 saturated heterocycles. The van der Waals surface area contributed by atoms with Crippen LogP contribution < -0.4 is 21.3 Å². The molecular weight excluding hydrogens is 532 g/mol. The molecule has 0 bridgehead atoms. The summed E-state index contributed by atoms with van der Waals surface area (Å²) in [5.74, 6) is 0.970. The van der Waals surface area contributed by atoms with Crippen LogP contribution in [0.4, 0.5) is 11.8 Å². The molecule has 0 radical (unpaired) electrons. The summed E-state index contributed by atoms with van der Waals surface area (Å²) in [7, 11) is 0. The fourth-order valence-electron chi connectivity index (χ4n) is 6.04. The Morgan fingerprint density at radius 1 is 1.05 bits per heavy atom. The quantitative estimate of drug-likeness (QED) is 0.169. The summed E-state index contributed by atoms with van der Waals surface area (Å²) >= 11 is 0. The average Bonchev–Trinajstić information content (AvgIpc) is 3.75. The number of nitrogens with one attached hydrogen (secondary N) is 4. The van der Waals surface area contributed by atoms with Gasteiger partial charge in [0, 0.05) is 31.5 Å². The fourth-order valence-corrected chi connectivity index (χ4v) is 6.04. The monoisotopic (exact) mass is 570 g/mol. The fraction of sp³-hybridized carbons (Fsp3) is 0.419. The van der Waals surface area contributed by atoms with E-state index in [0.29, 0.717) is 42.3 Å². The molecule has 6 rings (SSSR count). The van der Waals surface area contributed by atoms with Crippen LogP contribution >= 0.6 is 0 Å². The van der Waals surface area contributed by atoms with Crippen LogP contribution in [0.3, 0.4) is 0 Å². The average molecular weight is 571 g/mol.